The second kappa shape index (κ2) is 9.38. The largest absolute Gasteiger partial charge is 0.497 e. The summed E-state index contributed by atoms with van der Waals surface area (Å²) in [5.41, 5.74) is 5.09. The third kappa shape index (κ3) is 4.00. The number of rotatable bonds is 6. The van der Waals surface area contributed by atoms with Gasteiger partial charge in [0.2, 0.25) is 0 Å². The highest BCUT2D eigenvalue weighted by molar-refractivity contribution is 7.80. The molecule has 5 rings (SSSR count). The second-order valence-electron chi connectivity index (χ2n) is 8.38. The van der Waals surface area contributed by atoms with E-state index in [-0.39, 0.29) is 12.1 Å². The van der Waals surface area contributed by atoms with Gasteiger partial charge in [-0.3, -0.25) is 4.98 Å². The molecule has 4 aromatic rings. The van der Waals surface area contributed by atoms with Gasteiger partial charge in [0, 0.05) is 29.8 Å². The quantitative estimate of drug-likeness (QED) is 0.382. The zero-order valence-electron chi connectivity index (χ0n) is 20.1. The van der Waals surface area contributed by atoms with E-state index in [1.807, 2.05) is 67.0 Å². The van der Waals surface area contributed by atoms with Crippen molar-refractivity contribution in [2.24, 2.45) is 0 Å². The summed E-state index contributed by atoms with van der Waals surface area (Å²) in [4.78, 5) is 11.4. The molecule has 0 spiro atoms. The minimum Gasteiger partial charge on any atom is -0.497 e. The molecule has 1 aliphatic heterocycles. The maximum Gasteiger partial charge on any atom is 0.174 e. The molecule has 0 amide bonds. The molecule has 3 aromatic heterocycles. The van der Waals surface area contributed by atoms with Gasteiger partial charge in [-0.1, -0.05) is 12.1 Å². The van der Waals surface area contributed by atoms with Gasteiger partial charge in [-0.25, -0.2) is 4.98 Å². The molecule has 1 N–H and O–H groups in total. The fourth-order valence-electron chi connectivity index (χ4n) is 4.84. The number of nitrogens with one attached hydrogen (secondary N) is 1. The second-order valence-corrected chi connectivity index (χ2v) is 8.77. The van der Waals surface area contributed by atoms with Gasteiger partial charge in [-0.2, -0.15) is 0 Å². The van der Waals surface area contributed by atoms with E-state index in [9.17, 15) is 0 Å². The lowest BCUT2D eigenvalue weighted by Gasteiger charge is -2.29. The van der Waals surface area contributed by atoms with Crippen LogP contribution in [0.5, 0.6) is 11.5 Å². The summed E-state index contributed by atoms with van der Waals surface area (Å²) < 4.78 is 13.4. The molecule has 1 aliphatic rings. The number of anilines is 1. The van der Waals surface area contributed by atoms with Crippen LogP contribution in [0.2, 0.25) is 0 Å². The highest BCUT2D eigenvalue weighted by Gasteiger charge is 2.43. The van der Waals surface area contributed by atoms with Gasteiger partial charge in [0.15, 0.2) is 5.11 Å². The van der Waals surface area contributed by atoms with Crippen LogP contribution in [0.15, 0.2) is 73.1 Å². The van der Waals surface area contributed by atoms with Crippen molar-refractivity contribution in [2.75, 3.05) is 19.1 Å². The van der Waals surface area contributed by atoms with Crippen LogP contribution in [-0.4, -0.2) is 33.9 Å². The number of aromatic nitrogens is 3. The van der Waals surface area contributed by atoms with Gasteiger partial charge in [0.25, 0.3) is 0 Å². The average Bonchev–Trinajstić information content (AvgIpc) is 3.39. The molecular weight excluding hydrogens is 458 g/mol. The third-order valence-electron chi connectivity index (χ3n) is 6.41. The Morgan fingerprint density at radius 2 is 1.69 bits per heavy atom. The molecule has 35 heavy (non-hydrogen) atoms. The lowest BCUT2D eigenvalue weighted by Crippen LogP contribution is -2.30. The summed E-state index contributed by atoms with van der Waals surface area (Å²) in [6.45, 7) is 4.22. The topological polar surface area (TPSA) is 64.4 Å². The number of methoxy groups -OCH3 is 2. The molecule has 4 heterocycles. The highest BCUT2D eigenvalue weighted by atomic mass is 32.1. The number of pyridine rings is 2. The predicted molar refractivity (Wildman–Crippen MR) is 141 cm³/mol. The van der Waals surface area contributed by atoms with E-state index in [0.29, 0.717) is 10.9 Å². The van der Waals surface area contributed by atoms with Crippen LogP contribution in [0.25, 0.3) is 5.82 Å². The van der Waals surface area contributed by atoms with Crippen molar-refractivity contribution in [3.05, 3.63) is 95.7 Å². The van der Waals surface area contributed by atoms with Crippen LogP contribution in [-0.2, 0) is 0 Å². The monoisotopic (exact) mass is 485 g/mol. The Labute approximate surface area is 210 Å². The summed E-state index contributed by atoms with van der Waals surface area (Å²) >= 11 is 5.90. The summed E-state index contributed by atoms with van der Waals surface area (Å²) in [6.07, 6.45) is 3.62. The first-order valence-corrected chi connectivity index (χ1v) is 11.8. The molecule has 0 saturated carbocycles. The maximum absolute atomic E-state index is 5.90. The summed E-state index contributed by atoms with van der Waals surface area (Å²) in [7, 11) is 3.30. The molecule has 8 heteroatoms. The number of hydrogen-bond acceptors (Lipinski definition) is 5. The van der Waals surface area contributed by atoms with E-state index in [2.05, 4.69) is 44.7 Å². The Hall–Kier alpha value is -3.91. The average molecular weight is 486 g/mol. The SMILES string of the molecule is COc1ccc(N2C(=S)N[C@@H](c3ccccn3)[C@H]2c2cc(C)n(-c3ccccn3)c2C)c(OC)c1. The molecule has 178 valence electrons. The van der Waals surface area contributed by atoms with Crippen LogP contribution < -0.4 is 19.7 Å². The first kappa shape index (κ1) is 22.9. The first-order valence-electron chi connectivity index (χ1n) is 11.4. The number of aryl methyl sites for hydroxylation is 1. The number of hydrogen-bond donors (Lipinski definition) is 1. The fourth-order valence-corrected chi connectivity index (χ4v) is 5.18. The smallest absolute Gasteiger partial charge is 0.174 e. The van der Waals surface area contributed by atoms with Crippen LogP contribution in [0.4, 0.5) is 5.69 Å². The van der Waals surface area contributed by atoms with E-state index in [0.717, 1.165) is 39.9 Å². The highest BCUT2D eigenvalue weighted by Crippen LogP contribution is 2.46. The minimum absolute atomic E-state index is 0.159. The Bertz CT molecular complexity index is 1360. The number of ether oxygens (including phenoxy) is 2. The van der Waals surface area contributed by atoms with Gasteiger partial charge >= 0.3 is 0 Å². The fraction of sp³-hybridized carbons (Fsp3) is 0.222. The maximum atomic E-state index is 5.90. The number of benzene rings is 1. The van der Waals surface area contributed by atoms with Gasteiger partial charge in [-0.15, -0.1) is 0 Å². The molecule has 1 aromatic carbocycles. The zero-order chi connectivity index (χ0) is 24.5. The van der Waals surface area contributed by atoms with Crippen molar-refractivity contribution in [3.63, 3.8) is 0 Å². The summed E-state index contributed by atoms with van der Waals surface area (Å²) in [5, 5.41) is 4.13. The normalized spacial score (nSPS) is 17.4. The van der Waals surface area contributed by atoms with Gasteiger partial charge in [0.05, 0.1) is 37.7 Å². The minimum atomic E-state index is -0.164. The van der Waals surface area contributed by atoms with Gasteiger partial charge in [-0.05, 0) is 74.1 Å². The molecular formula is C27H27N5O2S. The molecule has 0 unspecified atom stereocenters. The van der Waals surface area contributed by atoms with E-state index in [4.69, 9.17) is 21.7 Å². The Morgan fingerprint density at radius 3 is 2.34 bits per heavy atom. The van der Waals surface area contributed by atoms with Crippen molar-refractivity contribution in [2.45, 2.75) is 25.9 Å². The van der Waals surface area contributed by atoms with E-state index in [1.165, 1.54) is 0 Å². The molecule has 0 bridgehead atoms. The third-order valence-corrected chi connectivity index (χ3v) is 6.73. The first-order chi connectivity index (χ1) is 17.0. The summed E-state index contributed by atoms with van der Waals surface area (Å²) in [6, 6.07) is 19.5. The molecule has 1 fully saturated rings. The van der Waals surface area contributed by atoms with Crippen molar-refractivity contribution >= 4 is 23.0 Å². The van der Waals surface area contributed by atoms with Crippen LogP contribution in [0.1, 0.15) is 34.7 Å². The van der Waals surface area contributed by atoms with Crippen molar-refractivity contribution in [1.29, 1.82) is 0 Å². The van der Waals surface area contributed by atoms with E-state index < -0.39 is 0 Å². The van der Waals surface area contributed by atoms with Crippen molar-refractivity contribution in [3.8, 4) is 17.3 Å². The number of thiocarbonyl (C=S) groups is 1. The van der Waals surface area contributed by atoms with Crippen molar-refractivity contribution < 1.29 is 9.47 Å². The lowest BCUT2D eigenvalue weighted by molar-refractivity contribution is 0.394. The van der Waals surface area contributed by atoms with E-state index in [1.54, 1.807) is 14.2 Å². The zero-order valence-corrected chi connectivity index (χ0v) is 20.9. The molecule has 1 saturated heterocycles. The van der Waals surface area contributed by atoms with E-state index >= 15 is 0 Å². The van der Waals surface area contributed by atoms with Gasteiger partial charge in [0.1, 0.15) is 17.3 Å². The molecule has 2 atom stereocenters. The van der Waals surface area contributed by atoms with Crippen LogP contribution in [0, 0.1) is 13.8 Å². The van der Waals surface area contributed by atoms with Crippen molar-refractivity contribution in [1.82, 2.24) is 19.9 Å². The van der Waals surface area contributed by atoms with Gasteiger partial charge < -0.3 is 24.3 Å². The summed E-state index contributed by atoms with van der Waals surface area (Å²) in [5.74, 6) is 2.28. The molecule has 0 aliphatic carbocycles. The molecule has 7 nitrogen and oxygen atoms in total. The predicted octanol–water partition coefficient (Wildman–Crippen LogP) is 5.08. The number of nitrogens with zero attached hydrogens (tertiary/aromatic N) is 4. The van der Waals surface area contributed by atoms with Crippen LogP contribution in [0.3, 0.4) is 0 Å². The van der Waals surface area contributed by atoms with Crippen LogP contribution >= 0.6 is 12.2 Å². The molecule has 0 radical (unpaired) electrons. The lowest BCUT2D eigenvalue weighted by atomic mass is 9.96. The standard InChI is InChI=1S/C27H27N5O2S/c1-17-15-20(18(2)31(17)24-10-6-8-14-29-24)26-25(21-9-5-7-13-28-21)30-27(35)32(26)22-12-11-19(33-3)16-23(22)34-4/h5-16,25-26H,1-4H3,(H,30,35)/t25-,26+/m0/s1. The Balaban J connectivity index is 1.70. The Morgan fingerprint density at radius 1 is 0.914 bits per heavy atom. The Kier molecular flexibility index (Phi) is 6.13.